The van der Waals surface area contributed by atoms with Crippen LogP contribution in [0.1, 0.15) is 75.3 Å². The molecule has 0 aromatic carbocycles. The fourth-order valence-electron chi connectivity index (χ4n) is 3.27. The van der Waals surface area contributed by atoms with Crippen molar-refractivity contribution in [3.63, 3.8) is 0 Å². The van der Waals surface area contributed by atoms with Crippen LogP contribution in [0.25, 0.3) is 0 Å². The Bertz CT molecular complexity index is 460. The zero-order valence-corrected chi connectivity index (χ0v) is 13.9. The molecular weight excluding hydrogens is 268 g/mol. The molecule has 2 heteroatoms. The predicted octanol–water partition coefficient (Wildman–Crippen LogP) is 5.72. The van der Waals surface area contributed by atoms with Gasteiger partial charge in [-0.3, -0.25) is 9.97 Å². The molecule has 0 unspecified atom stereocenters. The van der Waals surface area contributed by atoms with Crippen LogP contribution in [0.4, 0.5) is 0 Å². The summed E-state index contributed by atoms with van der Waals surface area (Å²) in [7, 11) is 0. The first kappa shape index (κ1) is 16.7. The zero-order valence-electron chi connectivity index (χ0n) is 13.9. The first-order chi connectivity index (χ1) is 10.9. The van der Waals surface area contributed by atoms with E-state index in [0.29, 0.717) is 11.8 Å². The molecule has 0 amide bonds. The summed E-state index contributed by atoms with van der Waals surface area (Å²) in [6.45, 7) is 4.55. The van der Waals surface area contributed by atoms with Crippen molar-refractivity contribution in [2.75, 3.05) is 0 Å². The van der Waals surface area contributed by atoms with Crippen LogP contribution in [0.3, 0.4) is 0 Å². The second-order valence-corrected chi connectivity index (χ2v) is 6.06. The third-order valence-electron chi connectivity index (χ3n) is 4.49. The van der Waals surface area contributed by atoms with E-state index in [1.54, 1.807) is 0 Å². The van der Waals surface area contributed by atoms with Gasteiger partial charge in [0.25, 0.3) is 0 Å². The molecule has 0 saturated heterocycles. The number of aromatic nitrogens is 2. The first-order valence-corrected chi connectivity index (χ1v) is 8.66. The second-order valence-electron chi connectivity index (χ2n) is 6.06. The van der Waals surface area contributed by atoms with Crippen molar-refractivity contribution in [1.29, 1.82) is 0 Å². The summed E-state index contributed by atoms with van der Waals surface area (Å²) in [5.74, 6) is 1.16. The average molecular weight is 296 g/mol. The Morgan fingerprint density at radius 2 is 1.05 bits per heavy atom. The van der Waals surface area contributed by atoms with Crippen LogP contribution in [0, 0.1) is 0 Å². The van der Waals surface area contributed by atoms with Crippen LogP contribution in [-0.2, 0) is 0 Å². The Labute approximate surface area is 135 Å². The van der Waals surface area contributed by atoms with Crippen molar-refractivity contribution < 1.29 is 0 Å². The molecule has 22 heavy (non-hydrogen) atoms. The minimum absolute atomic E-state index is 0.580. The molecular formula is C20H28N2. The van der Waals surface area contributed by atoms with E-state index in [-0.39, 0.29) is 0 Å². The molecule has 0 saturated carbocycles. The molecule has 0 N–H and O–H groups in total. The van der Waals surface area contributed by atoms with Crippen molar-refractivity contribution in [3.05, 3.63) is 60.2 Å². The van der Waals surface area contributed by atoms with Crippen molar-refractivity contribution in [2.45, 2.75) is 64.2 Å². The van der Waals surface area contributed by atoms with Gasteiger partial charge in [-0.25, -0.2) is 0 Å². The van der Waals surface area contributed by atoms with E-state index < -0.39 is 0 Å². The molecule has 2 rings (SSSR count). The number of hydrogen-bond acceptors (Lipinski definition) is 2. The Kier molecular flexibility index (Phi) is 7.08. The Hall–Kier alpha value is -1.70. The fourth-order valence-corrected chi connectivity index (χ4v) is 3.27. The van der Waals surface area contributed by atoms with Gasteiger partial charge in [0.1, 0.15) is 0 Å². The van der Waals surface area contributed by atoms with Crippen molar-refractivity contribution in [3.8, 4) is 0 Å². The smallest absolute Gasteiger partial charge is 0.0270 e. The predicted molar refractivity (Wildman–Crippen MR) is 93.0 cm³/mol. The second kappa shape index (κ2) is 9.34. The van der Waals surface area contributed by atoms with E-state index in [0.717, 1.165) is 0 Å². The molecule has 2 nitrogen and oxygen atoms in total. The zero-order chi connectivity index (χ0) is 15.6. The Morgan fingerprint density at radius 3 is 1.36 bits per heavy atom. The molecule has 0 aliphatic heterocycles. The van der Waals surface area contributed by atoms with Gasteiger partial charge in [0.15, 0.2) is 0 Å². The summed E-state index contributed by atoms with van der Waals surface area (Å²) in [6, 6.07) is 8.78. The molecule has 2 atom stereocenters. The highest BCUT2D eigenvalue weighted by Crippen LogP contribution is 2.39. The van der Waals surface area contributed by atoms with Gasteiger partial charge >= 0.3 is 0 Å². The molecule has 2 aromatic heterocycles. The maximum Gasteiger partial charge on any atom is 0.0270 e. The quantitative estimate of drug-likeness (QED) is 0.591. The lowest BCUT2D eigenvalue weighted by Gasteiger charge is -2.28. The highest BCUT2D eigenvalue weighted by Gasteiger charge is 2.24. The highest BCUT2D eigenvalue weighted by molar-refractivity contribution is 5.26. The SMILES string of the molecule is CCCC[C@@H](c1ccncc1)[C@@H](CCCC)c1ccncc1. The van der Waals surface area contributed by atoms with Crippen LogP contribution < -0.4 is 0 Å². The standard InChI is InChI=1S/C20H28N2/c1-3-5-7-19(17-9-13-21-14-10-17)20(8-6-4-2)18-11-15-22-16-12-18/h9-16,19-20H,3-8H2,1-2H3/t19-,20-/m0/s1. The van der Waals surface area contributed by atoms with Gasteiger partial charge in [-0.05, 0) is 60.1 Å². The molecule has 0 aliphatic carbocycles. The van der Waals surface area contributed by atoms with Gasteiger partial charge in [0.2, 0.25) is 0 Å². The minimum atomic E-state index is 0.580. The highest BCUT2D eigenvalue weighted by atomic mass is 14.6. The van der Waals surface area contributed by atoms with Gasteiger partial charge in [-0.15, -0.1) is 0 Å². The third-order valence-corrected chi connectivity index (χ3v) is 4.49. The van der Waals surface area contributed by atoms with Crippen molar-refractivity contribution >= 4 is 0 Å². The molecule has 0 spiro atoms. The number of unbranched alkanes of at least 4 members (excludes halogenated alkanes) is 2. The number of nitrogens with zero attached hydrogens (tertiary/aromatic N) is 2. The van der Waals surface area contributed by atoms with E-state index in [2.05, 4.69) is 48.1 Å². The Balaban J connectivity index is 2.30. The van der Waals surface area contributed by atoms with Gasteiger partial charge < -0.3 is 0 Å². The van der Waals surface area contributed by atoms with Crippen LogP contribution in [0.15, 0.2) is 49.1 Å². The van der Waals surface area contributed by atoms with Gasteiger partial charge in [0, 0.05) is 24.8 Å². The molecule has 0 bridgehead atoms. The first-order valence-electron chi connectivity index (χ1n) is 8.66. The lowest BCUT2D eigenvalue weighted by molar-refractivity contribution is 0.449. The summed E-state index contributed by atoms with van der Waals surface area (Å²) in [5, 5.41) is 0. The van der Waals surface area contributed by atoms with E-state index >= 15 is 0 Å². The lowest BCUT2D eigenvalue weighted by atomic mass is 9.76. The molecule has 0 fully saturated rings. The minimum Gasteiger partial charge on any atom is -0.265 e. The van der Waals surface area contributed by atoms with Crippen LogP contribution in [0.2, 0.25) is 0 Å². The van der Waals surface area contributed by atoms with Gasteiger partial charge in [-0.1, -0.05) is 39.5 Å². The third kappa shape index (κ3) is 4.66. The van der Waals surface area contributed by atoms with Crippen LogP contribution >= 0.6 is 0 Å². The maximum absolute atomic E-state index is 4.19. The number of hydrogen-bond donors (Lipinski definition) is 0. The van der Waals surface area contributed by atoms with Gasteiger partial charge in [-0.2, -0.15) is 0 Å². The summed E-state index contributed by atoms with van der Waals surface area (Å²) in [5.41, 5.74) is 2.86. The van der Waals surface area contributed by atoms with Gasteiger partial charge in [0.05, 0.1) is 0 Å². The normalized spacial score (nSPS) is 13.7. The fraction of sp³-hybridized carbons (Fsp3) is 0.500. The Morgan fingerprint density at radius 1 is 0.682 bits per heavy atom. The van der Waals surface area contributed by atoms with E-state index in [1.807, 2.05) is 24.8 Å². The molecule has 118 valence electrons. The van der Waals surface area contributed by atoms with E-state index in [1.165, 1.54) is 49.7 Å². The van der Waals surface area contributed by atoms with Crippen LogP contribution in [0.5, 0.6) is 0 Å². The largest absolute Gasteiger partial charge is 0.265 e. The van der Waals surface area contributed by atoms with Crippen molar-refractivity contribution in [2.24, 2.45) is 0 Å². The molecule has 2 heterocycles. The van der Waals surface area contributed by atoms with Crippen molar-refractivity contribution in [1.82, 2.24) is 9.97 Å². The summed E-state index contributed by atoms with van der Waals surface area (Å²) in [4.78, 5) is 8.38. The van der Waals surface area contributed by atoms with E-state index in [9.17, 15) is 0 Å². The summed E-state index contributed by atoms with van der Waals surface area (Å²) in [6.07, 6.45) is 15.3. The summed E-state index contributed by atoms with van der Waals surface area (Å²) >= 11 is 0. The monoisotopic (exact) mass is 296 g/mol. The lowest BCUT2D eigenvalue weighted by Crippen LogP contribution is -2.12. The average Bonchev–Trinajstić information content (AvgIpc) is 2.59. The van der Waals surface area contributed by atoms with E-state index in [4.69, 9.17) is 0 Å². The number of pyridine rings is 2. The summed E-state index contributed by atoms with van der Waals surface area (Å²) < 4.78 is 0. The topological polar surface area (TPSA) is 25.8 Å². The van der Waals surface area contributed by atoms with Crippen LogP contribution in [-0.4, -0.2) is 9.97 Å². The number of rotatable bonds is 9. The molecule has 2 aromatic rings. The molecule has 0 aliphatic rings. The maximum atomic E-state index is 4.19. The molecule has 0 radical (unpaired) electrons.